The van der Waals surface area contributed by atoms with Crippen LogP contribution >= 0.6 is 0 Å². The van der Waals surface area contributed by atoms with Gasteiger partial charge in [-0.2, -0.15) is 0 Å². The molecule has 0 fully saturated rings. The summed E-state index contributed by atoms with van der Waals surface area (Å²) in [6.45, 7) is 0.0227. The van der Waals surface area contributed by atoms with E-state index in [0.29, 0.717) is 0 Å². The molecule has 1 aromatic carbocycles. The molecular weight excluding hydrogens is 206 g/mol. The summed E-state index contributed by atoms with van der Waals surface area (Å²) in [4.78, 5) is 5.16. The van der Waals surface area contributed by atoms with Crippen LogP contribution in [0.2, 0.25) is 0 Å². The minimum Gasteiger partial charge on any atom is -0.497 e. The Morgan fingerprint density at radius 3 is 3.06 bits per heavy atom. The first kappa shape index (κ1) is 11.0. The predicted molar refractivity (Wildman–Crippen MR) is 60.7 cm³/mol. The lowest BCUT2D eigenvalue weighted by molar-refractivity contribution is 0.00454. The molecule has 1 aliphatic heterocycles. The largest absolute Gasteiger partial charge is 0.497 e. The molecule has 16 heavy (non-hydrogen) atoms. The van der Waals surface area contributed by atoms with Gasteiger partial charge in [-0.15, -0.1) is 0 Å². The molecule has 1 heterocycles. The van der Waals surface area contributed by atoms with Crippen molar-refractivity contribution in [2.24, 2.45) is 5.16 Å². The highest BCUT2D eigenvalue weighted by atomic mass is 16.6. The lowest BCUT2D eigenvalue weighted by atomic mass is 10.0. The van der Waals surface area contributed by atoms with Crippen molar-refractivity contribution in [1.29, 1.82) is 0 Å². The maximum atomic E-state index is 8.92. The van der Waals surface area contributed by atoms with E-state index in [1.54, 1.807) is 7.11 Å². The number of aliphatic hydroxyl groups is 1. The summed E-state index contributed by atoms with van der Waals surface area (Å²) in [5.41, 5.74) is 1.92. The molecule has 1 aliphatic rings. The van der Waals surface area contributed by atoms with E-state index in [2.05, 4.69) is 5.16 Å². The van der Waals surface area contributed by atoms with Crippen LogP contribution in [0.15, 0.2) is 29.4 Å². The summed E-state index contributed by atoms with van der Waals surface area (Å²) in [5.74, 6) is 0.810. The van der Waals surface area contributed by atoms with Crippen LogP contribution in [0.5, 0.6) is 5.75 Å². The second-order valence-electron chi connectivity index (χ2n) is 3.72. The first-order valence-electron chi connectivity index (χ1n) is 5.31. The molecule has 0 bridgehead atoms. The van der Waals surface area contributed by atoms with E-state index in [9.17, 15) is 0 Å². The van der Waals surface area contributed by atoms with E-state index in [1.165, 1.54) is 0 Å². The second-order valence-corrected chi connectivity index (χ2v) is 3.72. The summed E-state index contributed by atoms with van der Waals surface area (Å²) >= 11 is 0. The lowest BCUT2D eigenvalue weighted by Crippen LogP contribution is -2.22. The van der Waals surface area contributed by atoms with Crippen molar-refractivity contribution >= 4 is 5.71 Å². The number of oxime groups is 1. The fraction of sp³-hybridized carbons (Fsp3) is 0.417. The quantitative estimate of drug-likeness (QED) is 0.842. The number of methoxy groups -OCH3 is 1. The summed E-state index contributed by atoms with van der Waals surface area (Å²) in [5, 5.41) is 12.9. The SMILES string of the molecule is COc1cccc(C2=NOC(CO)CC2)c1. The first-order valence-corrected chi connectivity index (χ1v) is 5.31. The van der Waals surface area contributed by atoms with E-state index in [0.717, 1.165) is 29.9 Å². The predicted octanol–water partition coefficient (Wildman–Crippen LogP) is 1.57. The van der Waals surface area contributed by atoms with Gasteiger partial charge in [0.25, 0.3) is 0 Å². The Morgan fingerprint density at radius 2 is 2.44 bits per heavy atom. The molecule has 1 N–H and O–H groups in total. The van der Waals surface area contributed by atoms with Gasteiger partial charge in [0, 0.05) is 5.56 Å². The zero-order chi connectivity index (χ0) is 11.4. The molecule has 86 valence electrons. The van der Waals surface area contributed by atoms with Crippen LogP contribution < -0.4 is 4.74 Å². The normalized spacial score (nSPS) is 19.9. The first-order chi connectivity index (χ1) is 7.83. The molecule has 2 rings (SSSR count). The number of rotatable bonds is 3. The number of hydrogen-bond acceptors (Lipinski definition) is 4. The van der Waals surface area contributed by atoms with E-state index < -0.39 is 0 Å². The number of nitrogens with zero attached hydrogens (tertiary/aromatic N) is 1. The van der Waals surface area contributed by atoms with Gasteiger partial charge in [0.2, 0.25) is 0 Å². The zero-order valence-corrected chi connectivity index (χ0v) is 9.22. The molecule has 0 saturated heterocycles. The minimum absolute atomic E-state index is 0.0227. The van der Waals surface area contributed by atoms with E-state index in [1.807, 2.05) is 24.3 Å². The summed E-state index contributed by atoms with van der Waals surface area (Å²) in [7, 11) is 1.64. The third-order valence-corrected chi connectivity index (χ3v) is 2.62. The highest BCUT2D eigenvalue weighted by Crippen LogP contribution is 2.19. The number of ether oxygens (including phenoxy) is 1. The maximum absolute atomic E-state index is 8.92. The third-order valence-electron chi connectivity index (χ3n) is 2.62. The van der Waals surface area contributed by atoms with Crippen molar-refractivity contribution in [1.82, 2.24) is 0 Å². The minimum atomic E-state index is -0.158. The van der Waals surface area contributed by atoms with Crippen molar-refractivity contribution < 1.29 is 14.7 Å². The fourth-order valence-electron chi connectivity index (χ4n) is 1.66. The average molecular weight is 221 g/mol. The zero-order valence-electron chi connectivity index (χ0n) is 9.22. The highest BCUT2D eigenvalue weighted by Gasteiger charge is 2.17. The van der Waals surface area contributed by atoms with Gasteiger partial charge in [-0.05, 0) is 25.0 Å². The molecule has 1 unspecified atom stereocenters. The van der Waals surface area contributed by atoms with Gasteiger partial charge in [-0.25, -0.2) is 0 Å². The smallest absolute Gasteiger partial charge is 0.150 e. The Morgan fingerprint density at radius 1 is 1.56 bits per heavy atom. The Balaban J connectivity index is 2.15. The molecule has 0 amide bonds. The van der Waals surface area contributed by atoms with Gasteiger partial charge in [0.1, 0.15) is 5.75 Å². The van der Waals surface area contributed by atoms with E-state index in [-0.39, 0.29) is 12.7 Å². The Kier molecular flexibility index (Phi) is 3.41. The summed E-state index contributed by atoms with van der Waals surface area (Å²) < 4.78 is 5.15. The van der Waals surface area contributed by atoms with Gasteiger partial charge >= 0.3 is 0 Å². The Bertz CT molecular complexity index is 390. The Labute approximate surface area is 94.5 Å². The molecule has 0 saturated carbocycles. The van der Waals surface area contributed by atoms with Gasteiger partial charge < -0.3 is 14.7 Å². The third kappa shape index (κ3) is 2.33. The van der Waals surface area contributed by atoms with Gasteiger partial charge in [0.15, 0.2) is 6.10 Å². The fourth-order valence-corrected chi connectivity index (χ4v) is 1.66. The number of hydrogen-bond donors (Lipinski definition) is 1. The lowest BCUT2D eigenvalue weighted by Gasteiger charge is -2.19. The molecule has 1 atom stereocenters. The average Bonchev–Trinajstić information content (AvgIpc) is 2.39. The Hall–Kier alpha value is -1.55. The topological polar surface area (TPSA) is 51.0 Å². The maximum Gasteiger partial charge on any atom is 0.150 e. The van der Waals surface area contributed by atoms with Crippen LogP contribution in [0.1, 0.15) is 18.4 Å². The van der Waals surface area contributed by atoms with Gasteiger partial charge in [0.05, 0.1) is 19.4 Å². The van der Waals surface area contributed by atoms with Crippen LogP contribution in [-0.2, 0) is 4.84 Å². The standard InChI is InChI=1S/C12H15NO3/c1-15-10-4-2-3-9(7-10)12-6-5-11(8-14)16-13-12/h2-4,7,11,14H,5-6,8H2,1H3. The summed E-state index contributed by atoms with van der Waals surface area (Å²) in [6.07, 6.45) is 1.46. The second kappa shape index (κ2) is 4.99. The number of benzene rings is 1. The van der Waals surface area contributed by atoms with Crippen LogP contribution in [0.4, 0.5) is 0 Å². The van der Waals surface area contributed by atoms with E-state index >= 15 is 0 Å². The van der Waals surface area contributed by atoms with Crippen molar-refractivity contribution in [2.45, 2.75) is 18.9 Å². The molecule has 0 aromatic heterocycles. The van der Waals surface area contributed by atoms with Crippen molar-refractivity contribution in [3.63, 3.8) is 0 Å². The molecule has 1 aromatic rings. The molecular formula is C12H15NO3. The monoisotopic (exact) mass is 221 g/mol. The molecule has 0 aliphatic carbocycles. The van der Waals surface area contributed by atoms with Crippen LogP contribution in [0, 0.1) is 0 Å². The van der Waals surface area contributed by atoms with Gasteiger partial charge in [-0.1, -0.05) is 17.3 Å². The highest BCUT2D eigenvalue weighted by molar-refractivity contribution is 6.00. The van der Waals surface area contributed by atoms with Crippen LogP contribution in [0.25, 0.3) is 0 Å². The van der Waals surface area contributed by atoms with Crippen molar-refractivity contribution in [3.8, 4) is 5.75 Å². The van der Waals surface area contributed by atoms with Crippen LogP contribution in [0.3, 0.4) is 0 Å². The number of aliphatic hydroxyl groups excluding tert-OH is 1. The molecule has 0 spiro atoms. The van der Waals surface area contributed by atoms with Crippen molar-refractivity contribution in [3.05, 3.63) is 29.8 Å². The van der Waals surface area contributed by atoms with Crippen molar-refractivity contribution in [2.75, 3.05) is 13.7 Å². The molecule has 4 heteroatoms. The molecule has 0 radical (unpaired) electrons. The van der Waals surface area contributed by atoms with Gasteiger partial charge in [-0.3, -0.25) is 0 Å². The van der Waals surface area contributed by atoms with E-state index in [4.69, 9.17) is 14.7 Å². The summed E-state index contributed by atoms with van der Waals surface area (Å²) in [6, 6.07) is 7.73. The van der Waals surface area contributed by atoms with Crippen LogP contribution in [-0.4, -0.2) is 30.6 Å². The molecule has 4 nitrogen and oxygen atoms in total.